The molecular weight excluding hydrogens is 612 g/mol. The van der Waals surface area contributed by atoms with Crippen LogP contribution in [0.25, 0.3) is 11.8 Å². The minimum absolute atomic E-state index is 0.000464. The van der Waals surface area contributed by atoms with Gasteiger partial charge in [-0.25, -0.2) is 4.79 Å². The number of halogens is 4. The zero-order valence-corrected chi connectivity index (χ0v) is 22.3. The van der Waals surface area contributed by atoms with Crippen LogP contribution in [0.4, 0.5) is 18.0 Å². The summed E-state index contributed by atoms with van der Waals surface area (Å²) < 4.78 is 74.0. The molecule has 2 aliphatic rings. The number of carbonyl (C=O) groups is 1. The lowest BCUT2D eigenvalue weighted by Gasteiger charge is -2.36. The van der Waals surface area contributed by atoms with Crippen molar-refractivity contribution in [3.63, 3.8) is 0 Å². The van der Waals surface area contributed by atoms with Gasteiger partial charge in [-0.05, 0) is 60.6 Å². The summed E-state index contributed by atoms with van der Waals surface area (Å²) in [5.74, 6) is -0.760. The van der Waals surface area contributed by atoms with Gasteiger partial charge in [0.15, 0.2) is 5.76 Å². The summed E-state index contributed by atoms with van der Waals surface area (Å²) >= 11 is 2.18. The van der Waals surface area contributed by atoms with Crippen LogP contribution < -0.4 is 0 Å². The van der Waals surface area contributed by atoms with Gasteiger partial charge in [-0.2, -0.15) is 21.6 Å². The van der Waals surface area contributed by atoms with E-state index in [1.54, 1.807) is 11.8 Å². The topological polar surface area (TPSA) is 85.8 Å². The zero-order chi connectivity index (χ0) is 26.1. The molecule has 2 aromatic rings. The number of hydrogen-bond donors (Lipinski definition) is 0. The van der Waals surface area contributed by atoms with Gasteiger partial charge >= 0.3 is 21.7 Å². The van der Waals surface area contributed by atoms with E-state index in [4.69, 9.17) is 4.74 Å². The summed E-state index contributed by atoms with van der Waals surface area (Å²) in [6.07, 6.45) is 3.73. The molecule has 0 radical (unpaired) electrons. The van der Waals surface area contributed by atoms with Crippen LogP contribution in [0.15, 0.2) is 36.5 Å². The molecular formula is C24H24F3IN2O5S. The number of ether oxygens (including phenoxy) is 1. The average molecular weight is 636 g/mol. The molecule has 1 aromatic heterocycles. The summed E-state index contributed by atoms with van der Waals surface area (Å²) in [6.45, 7) is 2.94. The minimum atomic E-state index is -5.89. The summed E-state index contributed by atoms with van der Waals surface area (Å²) in [6, 6.07) is 8.75. The number of alkyl halides is 4. The first-order valence-corrected chi connectivity index (χ1v) is 14.3. The molecule has 2 heterocycles. The highest BCUT2D eigenvalue weighted by Crippen LogP contribution is 2.45. The van der Waals surface area contributed by atoms with Crippen LogP contribution in [0, 0.1) is 5.92 Å². The molecule has 7 nitrogen and oxygen atoms in total. The molecule has 194 valence electrons. The molecule has 12 heteroatoms. The quantitative estimate of drug-likeness (QED) is 0.181. The first-order valence-electron chi connectivity index (χ1n) is 11.3. The third-order valence-electron chi connectivity index (χ3n) is 6.35. The maximum Gasteiger partial charge on any atom is 0.534 e. The maximum absolute atomic E-state index is 13.2. The first kappa shape index (κ1) is 26.7. The van der Waals surface area contributed by atoms with E-state index in [2.05, 4.69) is 31.8 Å². The standard InChI is InChI=1S/C24H24F3IN2O5S/c1-2-34-23(31)30-10-7-16(8-11-30)21-18-6-5-15(14-28)12-17(18)13-20(19-4-3-9-29-22(19)21)35-36(32,33)24(25,26)27/h3-6,9,12-13,16,21H,2,7-8,10-11,14H2,1H3. The fourth-order valence-corrected chi connectivity index (χ4v) is 5.64. The SMILES string of the molecule is CCOC(=O)N1CCC(C2c3ccc(CI)cc3C=C(OS(=O)(=O)C(F)(F)F)c3cccnc32)CC1. The Morgan fingerprint density at radius 1 is 1.22 bits per heavy atom. The Morgan fingerprint density at radius 3 is 2.58 bits per heavy atom. The molecule has 36 heavy (non-hydrogen) atoms. The van der Waals surface area contributed by atoms with E-state index in [1.165, 1.54) is 24.4 Å². The van der Waals surface area contributed by atoms with Crippen LogP contribution in [-0.2, 0) is 23.5 Å². The van der Waals surface area contributed by atoms with Crippen LogP contribution >= 0.6 is 22.6 Å². The van der Waals surface area contributed by atoms with Crippen molar-refractivity contribution in [2.75, 3.05) is 19.7 Å². The fourth-order valence-electron chi connectivity index (χ4n) is 4.70. The van der Waals surface area contributed by atoms with Crippen molar-refractivity contribution in [3.8, 4) is 0 Å². The lowest BCUT2D eigenvalue weighted by atomic mass is 9.76. The van der Waals surface area contributed by atoms with Crippen molar-refractivity contribution >= 4 is 50.6 Å². The fraction of sp³-hybridized carbons (Fsp3) is 0.417. The Labute approximate surface area is 220 Å². The maximum atomic E-state index is 13.2. The van der Waals surface area contributed by atoms with Crippen molar-refractivity contribution < 1.29 is 35.3 Å². The molecule has 1 aliphatic heterocycles. The Balaban J connectivity index is 1.79. The number of piperidine rings is 1. The van der Waals surface area contributed by atoms with Gasteiger partial charge in [0.05, 0.1) is 12.3 Å². The number of fused-ring (bicyclic) bond motifs is 2. The molecule has 0 spiro atoms. The summed E-state index contributed by atoms with van der Waals surface area (Å²) in [4.78, 5) is 18.3. The number of carbonyl (C=O) groups excluding carboxylic acids is 1. The number of nitrogens with zero attached hydrogens (tertiary/aromatic N) is 2. The Hall–Kier alpha value is -2.35. The van der Waals surface area contributed by atoms with E-state index in [0.717, 1.165) is 11.1 Å². The third kappa shape index (κ3) is 5.34. The number of rotatable bonds is 5. The van der Waals surface area contributed by atoms with Crippen LogP contribution in [-0.4, -0.2) is 49.6 Å². The highest BCUT2D eigenvalue weighted by atomic mass is 127. The van der Waals surface area contributed by atoms with E-state index in [1.807, 2.05) is 18.2 Å². The number of amides is 1. The normalized spacial score (nSPS) is 18.5. The van der Waals surface area contributed by atoms with Gasteiger partial charge in [-0.1, -0.05) is 40.8 Å². The Kier molecular flexibility index (Phi) is 7.83. The van der Waals surface area contributed by atoms with Crippen molar-refractivity contribution in [2.45, 2.75) is 35.6 Å². The predicted molar refractivity (Wildman–Crippen MR) is 135 cm³/mol. The first-order chi connectivity index (χ1) is 17.1. The average Bonchev–Trinajstić information content (AvgIpc) is 2.97. The minimum Gasteiger partial charge on any atom is -0.450 e. The molecule has 0 N–H and O–H groups in total. The van der Waals surface area contributed by atoms with Crippen molar-refractivity contribution in [2.24, 2.45) is 5.92 Å². The lowest BCUT2D eigenvalue weighted by molar-refractivity contribution is -0.0509. The molecule has 1 fully saturated rings. The van der Waals surface area contributed by atoms with E-state index in [9.17, 15) is 26.4 Å². The van der Waals surface area contributed by atoms with E-state index < -0.39 is 21.4 Å². The summed E-state index contributed by atoms with van der Waals surface area (Å²) in [5, 5.41) is 0. The summed E-state index contributed by atoms with van der Waals surface area (Å²) in [5.41, 5.74) is -2.62. The van der Waals surface area contributed by atoms with Gasteiger partial charge < -0.3 is 13.8 Å². The summed E-state index contributed by atoms with van der Waals surface area (Å²) in [7, 11) is -5.89. The number of likely N-dealkylation sites (tertiary alicyclic amines) is 1. The van der Waals surface area contributed by atoms with E-state index >= 15 is 0 Å². The number of aromatic nitrogens is 1. The monoisotopic (exact) mass is 636 g/mol. The van der Waals surface area contributed by atoms with E-state index in [0.29, 0.717) is 41.6 Å². The molecule has 1 saturated heterocycles. The highest BCUT2D eigenvalue weighted by Gasteiger charge is 2.49. The van der Waals surface area contributed by atoms with Crippen molar-refractivity contribution in [3.05, 3.63) is 64.5 Å². The Bertz CT molecular complexity index is 1270. The third-order valence-corrected chi connectivity index (χ3v) is 8.19. The number of hydrogen-bond acceptors (Lipinski definition) is 6. The Morgan fingerprint density at radius 2 is 1.94 bits per heavy atom. The second-order valence-corrected chi connectivity index (χ2v) is 10.8. The van der Waals surface area contributed by atoms with Gasteiger partial charge in [-0.3, -0.25) is 4.98 Å². The van der Waals surface area contributed by atoms with E-state index in [-0.39, 0.29) is 30.1 Å². The molecule has 1 aliphatic carbocycles. The molecule has 1 atom stereocenters. The second kappa shape index (κ2) is 10.6. The smallest absolute Gasteiger partial charge is 0.450 e. The van der Waals surface area contributed by atoms with Gasteiger partial charge in [0.1, 0.15) is 0 Å². The van der Waals surface area contributed by atoms with Gasteiger partial charge in [-0.15, -0.1) is 0 Å². The lowest BCUT2D eigenvalue weighted by Crippen LogP contribution is -2.40. The number of pyridine rings is 1. The second-order valence-electron chi connectivity index (χ2n) is 8.53. The molecule has 0 saturated carbocycles. The molecule has 0 bridgehead atoms. The largest absolute Gasteiger partial charge is 0.534 e. The van der Waals surface area contributed by atoms with Crippen molar-refractivity contribution in [1.29, 1.82) is 0 Å². The molecule has 1 unspecified atom stereocenters. The zero-order valence-electron chi connectivity index (χ0n) is 19.3. The number of benzene rings is 1. The van der Waals surface area contributed by atoms with Crippen LogP contribution in [0.3, 0.4) is 0 Å². The van der Waals surface area contributed by atoms with Crippen LogP contribution in [0.2, 0.25) is 0 Å². The van der Waals surface area contributed by atoms with Gasteiger partial charge in [0.25, 0.3) is 0 Å². The van der Waals surface area contributed by atoms with Crippen LogP contribution in [0.1, 0.15) is 53.6 Å². The highest BCUT2D eigenvalue weighted by molar-refractivity contribution is 14.1. The molecule has 4 rings (SSSR count). The molecule has 1 aromatic carbocycles. The molecule has 1 amide bonds. The predicted octanol–water partition coefficient (Wildman–Crippen LogP) is 5.69. The van der Waals surface area contributed by atoms with Crippen LogP contribution in [0.5, 0.6) is 0 Å². The van der Waals surface area contributed by atoms with Gasteiger partial charge in [0, 0.05) is 35.2 Å². The van der Waals surface area contributed by atoms with Gasteiger partial charge in [0.2, 0.25) is 0 Å². The van der Waals surface area contributed by atoms with Crippen molar-refractivity contribution in [1.82, 2.24) is 9.88 Å².